The molecule has 0 aliphatic carbocycles. The molecule has 0 spiro atoms. The number of ether oxygens (including phenoxy) is 3. The molecule has 4 atom stereocenters. The van der Waals surface area contributed by atoms with Crippen molar-refractivity contribution in [2.24, 2.45) is 10.9 Å². The lowest BCUT2D eigenvalue weighted by atomic mass is 9.88. The molecular weight excluding hydrogens is 945 g/mol. The minimum atomic E-state index is -1.15. The summed E-state index contributed by atoms with van der Waals surface area (Å²) in [6.45, 7) is 11.3. The van der Waals surface area contributed by atoms with Gasteiger partial charge in [-0.3, -0.25) is 14.4 Å². The SMILES string of the molecule is CC/C(=C(\c1ccc(O)cc1)c1ccc(OCCN(C)C(=O)CCCOCCOc2cc(C(C(=O)N3C[C@H](O)C[C@H]3C3=NC(=O)[C@@](C)(c4ccc(-c5scnc5C)cc4)N3)C(C)C)on2)cc1)c1ccccc1. The van der Waals surface area contributed by atoms with Crippen molar-refractivity contribution in [1.29, 1.82) is 0 Å². The van der Waals surface area contributed by atoms with E-state index in [0.29, 0.717) is 49.9 Å². The Bertz CT molecular complexity index is 2900. The van der Waals surface area contributed by atoms with E-state index in [-0.39, 0.29) is 61.4 Å². The third-order valence-corrected chi connectivity index (χ3v) is 14.5. The molecule has 0 bridgehead atoms. The highest BCUT2D eigenvalue weighted by Crippen LogP contribution is 2.38. The second-order valence-corrected chi connectivity index (χ2v) is 19.8. The Balaban J connectivity index is 0.761. The number of phenolic OH excluding ortho intramolecular Hbond substituents is 1. The molecule has 0 radical (unpaired) electrons. The lowest BCUT2D eigenvalue weighted by Crippen LogP contribution is -2.51. The number of aromatic nitrogens is 2. The number of amidine groups is 1. The zero-order chi connectivity index (χ0) is 51.6. The van der Waals surface area contributed by atoms with Gasteiger partial charge in [-0.05, 0) is 101 Å². The molecular formula is C57H64N6O9S. The lowest BCUT2D eigenvalue weighted by molar-refractivity contribution is -0.134. The molecule has 1 unspecified atom stereocenters. The van der Waals surface area contributed by atoms with Gasteiger partial charge in [0.25, 0.3) is 11.8 Å². The maximum absolute atomic E-state index is 14.4. The predicted octanol–water partition coefficient (Wildman–Crippen LogP) is 9.04. The molecule has 15 nitrogen and oxygen atoms in total. The molecule has 382 valence electrons. The third kappa shape index (κ3) is 12.2. The lowest BCUT2D eigenvalue weighted by Gasteiger charge is -2.31. The second kappa shape index (κ2) is 23.6. The molecule has 0 saturated carbocycles. The Morgan fingerprint density at radius 3 is 2.32 bits per heavy atom. The average Bonchev–Trinajstić information content (AvgIpc) is 4.20. The van der Waals surface area contributed by atoms with Gasteiger partial charge in [-0.15, -0.1) is 11.3 Å². The number of aliphatic hydroxyl groups excluding tert-OH is 1. The molecule has 6 aromatic rings. The van der Waals surface area contributed by atoms with Crippen LogP contribution >= 0.6 is 11.3 Å². The number of carbonyl (C=O) groups excluding carboxylic acids is 3. The van der Waals surface area contributed by atoms with Crippen molar-refractivity contribution in [2.75, 3.05) is 46.6 Å². The molecule has 2 aromatic heterocycles. The number of phenols is 1. The monoisotopic (exact) mass is 1010 g/mol. The Labute approximate surface area is 430 Å². The van der Waals surface area contributed by atoms with Gasteiger partial charge in [0.1, 0.15) is 42.0 Å². The van der Waals surface area contributed by atoms with E-state index in [9.17, 15) is 24.6 Å². The topological polar surface area (TPSA) is 189 Å². The summed E-state index contributed by atoms with van der Waals surface area (Å²) in [5.41, 5.74) is 8.81. The first-order chi connectivity index (χ1) is 35.2. The molecule has 16 heteroatoms. The molecule has 8 rings (SSSR count). The molecule has 4 heterocycles. The van der Waals surface area contributed by atoms with Crippen molar-refractivity contribution in [3.63, 3.8) is 0 Å². The first-order valence-corrected chi connectivity index (χ1v) is 25.7. The Morgan fingerprint density at radius 1 is 0.932 bits per heavy atom. The van der Waals surface area contributed by atoms with Gasteiger partial charge in [0, 0.05) is 39.1 Å². The highest BCUT2D eigenvalue weighted by atomic mass is 32.1. The van der Waals surface area contributed by atoms with E-state index in [1.165, 1.54) is 5.57 Å². The number of hydrogen-bond donors (Lipinski definition) is 3. The van der Waals surface area contributed by atoms with E-state index in [0.717, 1.165) is 50.4 Å². The zero-order valence-corrected chi connectivity index (χ0v) is 43.1. The summed E-state index contributed by atoms with van der Waals surface area (Å²) in [5, 5.41) is 28.2. The highest BCUT2D eigenvalue weighted by Gasteiger charge is 2.48. The quantitative estimate of drug-likeness (QED) is 0.0433. The van der Waals surface area contributed by atoms with Crippen LogP contribution in [0.5, 0.6) is 17.4 Å². The van der Waals surface area contributed by atoms with Crippen LogP contribution in [0.15, 0.2) is 124 Å². The Morgan fingerprint density at radius 2 is 1.64 bits per heavy atom. The van der Waals surface area contributed by atoms with E-state index in [1.54, 1.807) is 53.3 Å². The Hall–Kier alpha value is -7.14. The van der Waals surface area contributed by atoms with Gasteiger partial charge in [-0.1, -0.05) is 99.6 Å². The number of aliphatic hydroxyl groups is 1. The standard InChI is InChI=1S/C57H64N6O9S/c1-7-46(38-12-9-8-10-13-38)52(39-17-23-43(64)24-18-39)40-19-25-45(26-20-40)70-29-27-62(6)50(66)14-11-28-69-30-31-71-49-33-48(72-61-49)51(36(2)3)55(67)63-34-44(65)32-47(63)54-59-56(68)57(5,60-54)42-21-15-41(16-22-42)53-37(4)58-35-73-53/h8-10,12-13,15-26,33,35-36,44,47,51,64-65H,7,11,14,27-32,34H2,1-6H3,(H,59,60,68)/b52-46-/t44-,47+,51?,57-/m1/s1. The molecule has 3 N–H and O–H groups in total. The van der Waals surface area contributed by atoms with E-state index >= 15 is 0 Å². The van der Waals surface area contributed by atoms with Crippen LogP contribution in [0.25, 0.3) is 21.6 Å². The van der Waals surface area contributed by atoms with Crippen molar-refractivity contribution < 1.29 is 43.3 Å². The predicted molar refractivity (Wildman–Crippen MR) is 281 cm³/mol. The van der Waals surface area contributed by atoms with Gasteiger partial charge in [0.05, 0.1) is 41.4 Å². The van der Waals surface area contributed by atoms with E-state index in [4.69, 9.17) is 18.7 Å². The summed E-state index contributed by atoms with van der Waals surface area (Å²) < 4.78 is 23.3. The number of benzene rings is 4. The summed E-state index contributed by atoms with van der Waals surface area (Å²) in [6, 6.07) is 34.2. The fourth-order valence-electron chi connectivity index (χ4n) is 9.44. The number of likely N-dealkylation sites (tertiary alicyclic amines) is 1. The minimum Gasteiger partial charge on any atom is -0.508 e. The fraction of sp³-hybridized carbons (Fsp3) is 0.368. The van der Waals surface area contributed by atoms with Crippen molar-refractivity contribution in [3.05, 3.63) is 148 Å². The number of allylic oxidation sites excluding steroid dienone is 1. The van der Waals surface area contributed by atoms with E-state index in [1.807, 2.05) is 105 Å². The number of β-amino-alcohol motifs (C(OH)–C–C–N with tert-alkyl or cyclic N) is 1. The van der Waals surface area contributed by atoms with Crippen LogP contribution in [-0.2, 0) is 24.7 Å². The summed E-state index contributed by atoms with van der Waals surface area (Å²) in [5.74, 6) is 0.150. The number of amides is 3. The van der Waals surface area contributed by atoms with Crippen molar-refractivity contribution in [2.45, 2.75) is 83.9 Å². The van der Waals surface area contributed by atoms with E-state index in [2.05, 4.69) is 39.5 Å². The second-order valence-electron chi connectivity index (χ2n) is 19.0. The molecule has 2 aliphatic heterocycles. The maximum Gasteiger partial charge on any atom is 0.277 e. The van der Waals surface area contributed by atoms with Crippen LogP contribution in [0, 0.1) is 12.8 Å². The number of aryl methyl sites for hydroxylation is 1. The van der Waals surface area contributed by atoms with Crippen molar-refractivity contribution in [3.8, 4) is 27.8 Å². The smallest absolute Gasteiger partial charge is 0.277 e. The van der Waals surface area contributed by atoms with Crippen LogP contribution in [-0.4, -0.2) is 112 Å². The number of thiazole rings is 1. The van der Waals surface area contributed by atoms with Crippen molar-refractivity contribution in [1.82, 2.24) is 25.3 Å². The number of hydrogen-bond acceptors (Lipinski definition) is 13. The molecule has 1 fully saturated rings. The Kier molecular flexibility index (Phi) is 16.9. The van der Waals surface area contributed by atoms with Gasteiger partial charge in [0.15, 0.2) is 5.76 Å². The highest BCUT2D eigenvalue weighted by molar-refractivity contribution is 7.13. The summed E-state index contributed by atoms with van der Waals surface area (Å²) >= 11 is 1.56. The summed E-state index contributed by atoms with van der Waals surface area (Å²) in [7, 11) is 1.76. The van der Waals surface area contributed by atoms with Crippen LogP contribution in [0.4, 0.5) is 0 Å². The number of aliphatic imine (C=N–C) groups is 1. The van der Waals surface area contributed by atoms with Crippen LogP contribution in [0.3, 0.4) is 0 Å². The number of aromatic hydroxyl groups is 1. The molecule has 4 aromatic carbocycles. The normalized spacial score (nSPS) is 18.3. The van der Waals surface area contributed by atoms with Gasteiger partial charge in [0.2, 0.25) is 11.8 Å². The molecule has 1 saturated heterocycles. The van der Waals surface area contributed by atoms with Crippen molar-refractivity contribution >= 4 is 46.0 Å². The molecule has 73 heavy (non-hydrogen) atoms. The third-order valence-electron chi connectivity index (χ3n) is 13.5. The minimum absolute atomic E-state index is 0.0155. The number of likely N-dealkylation sites (N-methyl/N-ethyl adjacent to an activating group) is 1. The first kappa shape index (κ1) is 52.2. The maximum atomic E-state index is 14.4. The number of rotatable bonds is 22. The van der Waals surface area contributed by atoms with Gasteiger partial charge >= 0.3 is 0 Å². The number of nitrogens with zero attached hydrogens (tertiary/aromatic N) is 5. The fourth-order valence-corrected chi connectivity index (χ4v) is 10.2. The summed E-state index contributed by atoms with van der Waals surface area (Å²) in [6.07, 6.45) is 1.07. The van der Waals surface area contributed by atoms with Crippen LogP contribution in [0.2, 0.25) is 0 Å². The zero-order valence-electron chi connectivity index (χ0n) is 42.2. The van der Waals surface area contributed by atoms with Gasteiger partial charge in [-0.25, -0.2) is 4.98 Å². The van der Waals surface area contributed by atoms with E-state index < -0.39 is 23.6 Å². The number of nitrogens with one attached hydrogen (secondary N) is 1. The molecule has 3 amide bonds. The number of carbonyl (C=O) groups is 3. The largest absolute Gasteiger partial charge is 0.508 e. The van der Waals surface area contributed by atoms with Gasteiger partial charge in [-0.2, -0.15) is 4.99 Å². The first-order valence-electron chi connectivity index (χ1n) is 24.9. The van der Waals surface area contributed by atoms with Crippen LogP contribution in [0.1, 0.15) is 93.0 Å². The molecule has 2 aliphatic rings. The average molecular weight is 1010 g/mol. The van der Waals surface area contributed by atoms with Crippen LogP contribution < -0.4 is 14.8 Å². The summed E-state index contributed by atoms with van der Waals surface area (Å²) in [4.78, 5) is 53.9. The van der Waals surface area contributed by atoms with Gasteiger partial charge < -0.3 is 44.1 Å².